The van der Waals surface area contributed by atoms with Crippen molar-refractivity contribution in [2.75, 3.05) is 6.54 Å². The second kappa shape index (κ2) is 6.34. The van der Waals surface area contributed by atoms with E-state index in [0.717, 1.165) is 22.9 Å². The molecule has 1 aromatic carbocycles. The summed E-state index contributed by atoms with van der Waals surface area (Å²) in [6.45, 7) is 8.59. The van der Waals surface area contributed by atoms with Crippen molar-refractivity contribution in [3.05, 3.63) is 45.7 Å². The number of fused-ring (bicyclic) bond motifs is 1. The fourth-order valence-electron chi connectivity index (χ4n) is 2.41. The zero-order chi connectivity index (χ0) is 16.3. The van der Waals surface area contributed by atoms with Gasteiger partial charge in [-0.05, 0) is 47.9 Å². The molecule has 2 rings (SSSR count). The van der Waals surface area contributed by atoms with Gasteiger partial charge in [-0.1, -0.05) is 26.8 Å². The van der Waals surface area contributed by atoms with E-state index in [-0.39, 0.29) is 16.9 Å². The third-order valence-corrected chi connectivity index (χ3v) is 3.52. The summed E-state index contributed by atoms with van der Waals surface area (Å²) in [5.41, 5.74) is 2.67. The van der Waals surface area contributed by atoms with Crippen LogP contribution in [0.5, 0.6) is 0 Å². The van der Waals surface area contributed by atoms with Gasteiger partial charge in [0, 0.05) is 24.0 Å². The van der Waals surface area contributed by atoms with Crippen LogP contribution in [0.1, 0.15) is 38.3 Å². The van der Waals surface area contributed by atoms with Crippen LogP contribution in [0.15, 0.2) is 29.1 Å². The molecule has 2 N–H and O–H groups in total. The number of aryl methyl sites for hydroxylation is 1. The predicted molar refractivity (Wildman–Crippen MR) is 90.1 cm³/mol. The molecule has 0 unspecified atom stereocenters. The second-order valence-electron chi connectivity index (χ2n) is 7.04. The number of rotatable bonds is 4. The molecule has 0 atom stereocenters. The monoisotopic (exact) mass is 300 g/mol. The van der Waals surface area contributed by atoms with Crippen LogP contribution in [0.4, 0.5) is 0 Å². The minimum atomic E-state index is -0.0466. The van der Waals surface area contributed by atoms with Gasteiger partial charge in [0.2, 0.25) is 5.91 Å². The SMILES string of the molecule is Cc1cc2cc(CCNC(=O)CC(C)(C)C)ccc2[nH]c1=O. The van der Waals surface area contributed by atoms with Crippen LogP contribution in [-0.4, -0.2) is 17.4 Å². The number of aromatic nitrogens is 1. The molecule has 1 aromatic heterocycles. The number of hydrogen-bond donors (Lipinski definition) is 2. The molecule has 0 aliphatic heterocycles. The molecule has 0 bridgehead atoms. The quantitative estimate of drug-likeness (QED) is 0.912. The highest BCUT2D eigenvalue weighted by Gasteiger charge is 2.15. The summed E-state index contributed by atoms with van der Waals surface area (Å²) >= 11 is 0. The van der Waals surface area contributed by atoms with Gasteiger partial charge in [-0.2, -0.15) is 0 Å². The summed E-state index contributed by atoms with van der Waals surface area (Å²) in [5, 5.41) is 3.98. The molecule has 4 nitrogen and oxygen atoms in total. The Labute approximate surface area is 130 Å². The number of amides is 1. The summed E-state index contributed by atoms with van der Waals surface area (Å²) in [6, 6.07) is 7.87. The van der Waals surface area contributed by atoms with Crippen molar-refractivity contribution in [3.63, 3.8) is 0 Å². The summed E-state index contributed by atoms with van der Waals surface area (Å²) in [6.07, 6.45) is 1.31. The number of H-pyrrole nitrogens is 1. The Kier molecular flexibility index (Phi) is 4.69. The van der Waals surface area contributed by atoms with E-state index in [1.807, 2.05) is 18.2 Å². The lowest BCUT2D eigenvalue weighted by atomic mass is 9.92. The number of pyridine rings is 1. The molecule has 0 saturated heterocycles. The highest BCUT2D eigenvalue weighted by molar-refractivity contribution is 5.79. The Morgan fingerprint density at radius 3 is 2.64 bits per heavy atom. The van der Waals surface area contributed by atoms with Gasteiger partial charge in [-0.25, -0.2) is 0 Å². The zero-order valence-corrected chi connectivity index (χ0v) is 13.7. The molecular formula is C18H24N2O2. The van der Waals surface area contributed by atoms with Crippen molar-refractivity contribution in [2.45, 2.75) is 40.5 Å². The molecule has 0 aliphatic carbocycles. The highest BCUT2D eigenvalue weighted by Crippen LogP contribution is 2.18. The standard InChI is InChI=1S/C18H24N2O2/c1-12-9-14-10-13(5-6-15(14)20-17(12)22)7-8-19-16(21)11-18(2,3)4/h5-6,9-10H,7-8,11H2,1-4H3,(H,19,21)(H,20,22). The first-order chi connectivity index (χ1) is 10.2. The second-order valence-corrected chi connectivity index (χ2v) is 7.04. The van der Waals surface area contributed by atoms with Crippen molar-refractivity contribution in [1.82, 2.24) is 10.3 Å². The van der Waals surface area contributed by atoms with Crippen molar-refractivity contribution in [2.24, 2.45) is 5.41 Å². The Morgan fingerprint density at radius 2 is 1.95 bits per heavy atom. The van der Waals surface area contributed by atoms with Crippen LogP contribution >= 0.6 is 0 Å². The van der Waals surface area contributed by atoms with E-state index in [1.165, 1.54) is 0 Å². The third kappa shape index (κ3) is 4.45. The van der Waals surface area contributed by atoms with E-state index in [2.05, 4.69) is 37.1 Å². The third-order valence-electron chi connectivity index (χ3n) is 3.52. The Morgan fingerprint density at radius 1 is 1.23 bits per heavy atom. The van der Waals surface area contributed by atoms with Gasteiger partial charge >= 0.3 is 0 Å². The number of carbonyl (C=O) groups excluding carboxylic acids is 1. The average Bonchev–Trinajstić information content (AvgIpc) is 2.38. The summed E-state index contributed by atoms with van der Waals surface area (Å²) in [5.74, 6) is 0.0912. The molecule has 4 heteroatoms. The fourth-order valence-corrected chi connectivity index (χ4v) is 2.41. The Bertz CT molecular complexity index is 739. The predicted octanol–water partition coefficient (Wildman–Crippen LogP) is 2.93. The van der Waals surface area contributed by atoms with Gasteiger partial charge in [-0.15, -0.1) is 0 Å². The largest absolute Gasteiger partial charge is 0.356 e. The molecule has 2 aromatic rings. The van der Waals surface area contributed by atoms with Crippen molar-refractivity contribution >= 4 is 16.8 Å². The maximum Gasteiger partial charge on any atom is 0.251 e. The molecule has 0 saturated carbocycles. The van der Waals surface area contributed by atoms with Crippen LogP contribution in [0, 0.1) is 12.3 Å². The first kappa shape index (κ1) is 16.3. The molecule has 22 heavy (non-hydrogen) atoms. The Hall–Kier alpha value is -2.10. The zero-order valence-electron chi connectivity index (χ0n) is 13.7. The van der Waals surface area contributed by atoms with Crippen LogP contribution < -0.4 is 10.9 Å². The van der Waals surface area contributed by atoms with Crippen LogP contribution in [-0.2, 0) is 11.2 Å². The van der Waals surface area contributed by atoms with E-state index >= 15 is 0 Å². The summed E-state index contributed by atoms with van der Waals surface area (Å²) < 4.78 is 0. The van der Waals surface area contributed by atoms with Gasteiger partial charge in [0.05, 0.1) is 0 Å². The van der Waals surface area contributed by atoms with Crippen LogP contribution in [0.3, 0.4) is 0 Å². The molecule has 118 valence electrons. The van der Waals surface area contributed by atoms with Crippen molar-refractivity contribution in [3.8, 4) is 0 Å². The first-order valence-corrected chi connectivity index (χ1v) is 7.64. The van der Waals surface area contributed by atoms with E-state index in [9.17, 15) is 9.59 Å². The molecule has 0 aliphatic rings. The topological polar surface area (TPSA) is 62.0 Å². The molecule has 0 fully saturated rings. The van der Waals surface area contributed by atoms with Crippen LogP contribution in [0.25, 0.3) is 10.9 Å². The lowest BCUT2D eigenvalue weighted by Crippen LogP contribution is -2.29. The molecular weight excluding hydrogens is 276 g/mol. The van der Waals surface area contributed by atoms with Gasteiger partial charge in [-0.3, -0.25) is 9.59 Å². The smallest absolute Gasteiger partial charge is 0.251 e. The van der Waals surface area contributed by atoms with Gasteiger partial charge in [0.25, 0.3) is 5.56 Å². The molecule has 1 amide bonds. The maximum atomic E-state index is 11.8. The number of nitrogens with one attached hydrogen (secondary N) is 2. The lowest BCUT2D eigenvalue weighted by Gasteiger charge is -2.17. The van der Waals surface area contributed by atoms with Gasteiger partial charge < -0.3 is 10.3 Å². The lowest BCUT2D eigenvalue weighted by molar-refractivity contribution is -0.122. The highest BCUT2D eigenvalue weighted by atomic mass is 16.1. The minimum Gasteiger partial charge on any atom is -0.356 e. The van der Waals surface area contributed by atoms with E-state index < -0.39 is 0 Å². The van der Waals surface area contributed by atoms with E-state index in [4.69, 9.17) is 0 Å². The molecule has 0 radical (unpaired) electrons. The average molecular weight is 300 g/mol. The minimum absolute atomic E-state index is 0.0103. The Balaban J connectivity index is 1.99. The number of aromatic amines is 1. The van der Waals surface area contributed by atoms with Gasteiger partial charge in [0.1, 0.15) is 0 Å². The summed E-state index contributed by atoms with van der Waals surface area (Å²) in [4.78, 5) is 26.2. The first-order valence-electron chi connectivity index (χ1n) is 7.64. The fraction of sp³-hybridized carbons (Fsp3) is 0.444. The summed E-state index contributed by atoms with van der Waals surface area (Å²) in [7, 11) is 0. The maximum absolute atomic E-state index is 11.8. The van der Waals surface area contributed by atoms with E-state index in [0.29, 0.717) is 18.5 Å². The van der Waals surface area contributed by atoms with Gasteiger partial charge in [0.15, 0.2) is 0 Å². The normalized spacial score (nSPS) is 11.6. The number of carbonyl (C=O) groups is 1. The number of hydrogen-bond acceptors (Lipinski definition) is 2. The molecule has 0 spiro atoms. The molecule has 1 heterocycles. The van der Waals surface area contributed by atoms with Crippen molar-refractivity contribution in [1.29, 1.82) is 0 Å². The van der Waals surface area contributed by atoms with E-state index in [1.54, 1.807) is 6.92 Å². The van der Waals surface area contributed by atoms with Crippen molar-refractivity contribution < 1.29 is 4.79 Å². The number of benzene rings is 1. The van der Waals surface area contributed by atoms with Crippen LogP contribution in [0.2, 0.25) is 0 Å².